The number of hydrogen-bond donors (Lipinski definition) is 1. The minimum absolute atomic E-state index is 0.0204. The molecule has 2 saturated heterocycles. The lowest BCUT2D eigenvalue weighted by Crippen LogP contribution is -2.69. The van der Waals surface area contributed by atoms with E-state index >= 15 is 22.8 Å². The lowest BCUT2D eigenvalue weighted by molar-refractivity contribution is -0.312. The van der Waals surface area contributed by atoms with Gasteiger partial charge >= 0.3 is 18.1 Å². The summed E-state index contributed by atoms with van der Waals surface area (Å²) in [7, 11) is -21.7. The number of allylic oxidation sites excluding steroid dienone is 12. The number of nitrogens with zero attached hydrogens (tertiary/aromatic N) is 1. The summed E-state index contributed by atoms with van der Waals surface area (Å²) >= 11 is 1.05. The summed E-state index contributed by atoms with van der Waals surface area (Å²) in [5.74, 6) is -5.13. The van der Waals surface area contributed by atoms with Gasteiger partial charge < -0.3 is 68.8 Å². The molecule has 2 bridgehead atoms. The van der Waals surface area contributed by atoms with Crippen LogP contribution in [-0.2, 0) is 77.9 Å². The lowest BCUT2D eigenvalue weighted by Gasteiger charge is -2.52. The van der Waals surface area contributed by atoms with E-state index in [4.69, 9.17) is 68.5 Å². The summed E-state index contributed by atoms with van der Waals surface area (Å²) in [6.07, 6.45) is 15.7. The number of carbonyl (C=O) groups excluding carboxylic acids is 3. The number of nitrogens with one attached hydrogen (secondary N) is 1. The number of hydrogen-bond acceptors (Lipinski definition) is 19. The number of aromatic nitrogens is 1. The molecule has 4 rings (SSSR count). The molecule has 2 fully saturated rings. The van der Waals surface area contributed by atoms with Crippen molar-refractivity contribution >= 4 is 104 Å². The Labute approximate surface area is 871 Å². The number of cyclic esters (lactones) is 1. The highest BCUT2D eigenvalue weighted by molar-refractivity contribution is 8.13. The van der Waals surface area contributed by atoms with Crippen LogP contribution in [0.5, 0.6) is 0 Å². The minimum Gasteiger partial charge on any atom is -0.462 e. The van der Waals surface area contributed by atoms with Crippen LogP contribution in [-0.4, -0.2) is 208 Å². The standard InChI is InChI=1S/C109H203F3N2O17SSi9/c1-33-133(34-2,35-3)123-91-77-78-94(126-136(42-10,43-11)44-12)95(127-137(45-13,46-14)47-15)82-93(125-135(39-7,40-8)41-9)84-108(118-32)85-97(128-138(48-16,49-17)50-18)100(105(116)132-98-76-72-73-79-113-98)96(122-108)81-90(121-106-104(131-141(57-25,58-26)59-27)101(114-107(117)109(110,111)112)103(89(31)120-106)130-140(54-22,55-23)56-24)75-71-69-67-65-63-61-60-62-64-66-68-70-74-86(28)102(129-139(51-19,52-20)53-21)87(29)88(30)119-99(115)83-92(80-91)124-134(36-4,37-5)38-6/h60-76,79,86-97,100-104,106H,33-59,77-78,80-85H2,1-32H3,(H,114,117)/t86-,87+,88-,89+,90-,91+,92+,93-,94+,95+,96-,97-,100-,101-,102+,103+,104-,106-,108+/m0/s1. The second-order valence-electron chi connectivity index (χ2n) is 40.9. The highest BCUT2D eigenvalue weighted by atomic mass is 32.2. The average molecular weight is 2160 g/mol. The van der Waals surface area contributed by atoms with E-state index in [-0.39, 0.29) is 60.8 Å². The number of pyridine rings is 1. The van der Waals surface area contributed by atoms with Crippen molar-refractivity contribution in [1.82, 2.24) is 10.3 Å². The van der Waals surface area contributed by atoms with Gasteiger partial charge in [0, 0.05) is 44.6 Å². The van der Waals surface area contributed by atoms with E-state index in [1.165, 1.54) is 0 Å². The molecule has 1 aromatic rings. The van der Waals surface area contributed by atoms with Gasteiger partial charge in [-0.05, 0) is 233 Å². The van der Waals surface area contributed by atoms with Crippen LogP contribution in [0.2, 0.25) is 163 Å². The molecule has 3 aliphatic heterocycles. The molecule has 141 heavy (non-hydrogen) atoms. The zero-order chi connectivity index (χ0) is 106. The molecule has 19 atom stereocenters. The maximum Gasteiger partial charge on any atom is 0.471 e. The number of thioether (sulfide) groups is 1. The topological polar surface area (TPSA) is 205 Å². The Kier molecular flexibility index (Phi) is 59.7. The molecule has 0 saturated carbocycles. The highest BCUT2D eigenvalue weighted by Crippen LogP contribution is 2.49. The largest absolute Gasteiger partial charge is 0.471 e. The number of ether oxygens (including phenoxy) is 5. The fourth-order valence-corrected chi connectivity index (χ4v) is 49.0. The van der Waals surface area contributed by atoms with Gasteiger partial charge in [0.15, 0.2) is 86.9 Å². The summed E-state index contributed by atoms with van der Waals surface area (Å²) in [6.45, 7) is 68.5. The van der Waals surface area contributed by atoms with Crippen LogP contribution in [0.1, 0.15) is 266 Å². The van der Waals surface area contributed by atoms with Gasteiger partial charge in [-0.15, -0.1) is 0 Å². The molecule has 1 amide bonds. The molecular weight excluding hydrogens is 1950 g/mol. The Morgan fingerprint density at radius 2 is 0.801 bits per heavy atom. The number of alkyl halides is 3. The third kappa shape index (κ3) is 38.1. The van der Waals surface area contributed by atoms with E-state index in [2.05, 4.69) is 225 Å². The monoisotopic (exact) mass is 2150 g/mol. The van der Waals surface area contributed by atoms with Crippen LogP contribution < -0.4 is 5.32 Å². The normalized spacial score (nSPS) is 27.0. The highest BCUT2D eigenvalue weighted by Gasteiger charge is 2.59. The number of methoxy groups -OCH3 is 1. The molecule has 4 heterocycles. The van der Waals surface area contributed by atoms with Crippen LogP contribution >= 0.6 is 11.8 Å². The Balaban J connectivity index is 2.44. The Morgan fingerprint density at radius 3 is 1.21 bits per heavy atom. The lowest BCUT2D eigenvalue weighted by atomic mass is 9.83. The van der Waals surface area contributed by atoms with Crippen LogP contribution in [0.4, 0.5) is 13.2 Å². The van der Waals surface area contributed by atoms with Crippen molar-refractivity contribution in [1.29, 1.82) is 0 Å². The molecule has 0 radical (unpaired) electrons. The zero-order valence-corrected chi connectivity index (χ0v) is 104. The van der Waals surface area contributed by atoms with Gasteiger partial charge in [-0.1, -0.05) is 292 Å². The molecular formula is C109H203F3N2O17SSi9. The van der Waals surface area contributed by atoms with Crippen molar-refractivity contribution < 1.29 is 91.1 Å². The Hall–Kier alpha value is -2.49. The zero-order valence-electron chi connectivity index (χ0n) is 94.5. The van der Waals surface area contributed by atoms with Crippen molar-refractivity contribution in [3.63, 3.8) is 0 Å². The van der Waals surface area contributed by atoms with E-state index in [1.54, 1.807) is 20.2 Å². The van der Waals surface area contributed by atoms with Gasteiger partial charge in [0.05, 0.1) is 79.4 Å². The third-order valence-corrected chi connectivity index (χ3v) is 77.4. The molecule has 0 aliphatic carbocycles. The fraction of sp³-hybridized carbons (Fsp3) is 0.798. The summed E-state index contributed by atoms with van der Waals surface area (Å²) in [5.41, 5.74) is 0. The Morgan fingerprint density at radius 1 is 0.426 bits per heavy atom. The SMILES string of the molecule is CC[Si](CC)(CC)O[C@@H]1CC[C@@H](O[Si](CC)(CC)CC)[C@H](O[Si](CC)(CC)CC)C[C@H](O[Si](CC)(CC)CC)C[C@]2(OC)C[C@H](O[Si](CC)(CC)CC)[C@@H](C(=O)Sc3ccccn3)[C@H](C[C@@H](O[C@@H]3O[C@H](C)[C@@H](O[Si](CC)(CC)CC)[C@H](NC(=O)C(F)(F)F)[C@@H]3O[Si](CC)(CC)CC)C=CC=CC=CC=CC=CC=CC=C[C@H](C)[C@@H](O[Si](CC)(CC)CC)[C@H](C)[C@H](C)OC(=O)C[C@H](O[Si](CC)(CC)CC)C1)O2. The first-order chi connectivity index (χ1) is 67.1. The number of amides is 1. The summed E-state index contributed by atoms with van der Waals surface area (Å²) in [5, 5.41) is 2.78. The first-order valence-electron chi connectivity index (χ1n) is 56.2. The van der Waals surface area contributed by atoms with E-state index in [9.17, 15) is 4.79 Å². The van der Waals surface area contributed by atoms with Crippen LogP contribution in [0.25, 0.3) is 0 Å². The average Bonchev–Trinajstić information content (AvgIpc) is 0.771. The van der Waals surface area contributed by atoms with Gasteiger partial charge in [0.25, 0.3) is 0 Å². The second kappa shape index (κ2) is 64.4. The molecule has 19 nitrogen and oxygen atoms in total. The molecule has 0 aromatic carbocycles. The molecule has 1 N–H and O–H groups in total. The molecule has 0 unspecified atom stereocenters. The van der Waals surface area contributed by atoms with Crippen molar-refractivity contribution in [2.24, 2.45) is 17.8 Å². The minimum atomic E-state index is -5.27. The molecule has 1 aromatic heterocycles. The summed E-state index contributed by atoms with van der Waals surface area (Å²) in [6, 6.07) is 26.5. The first kappa shape index (κ1) is 131. The molecule has 32 heteroatoms. The number of rotatable bonds is 51. The quantitative estimate of drug-likeness (QED) is 0.0366. The van der Waals surface area contributed by atoms with Crippen molar-refractivity contribution in [2.75, 3.05) is 7.11 Å². The van der Waals surface area contributed by atoms with Crippen LogP contribution in [0, 0.1) is 17.8 Å². The number of carbonyl (C=O) groups is 3. The van der Waals surface area contributed by atoms with Crippen LogP contribution in [0.3, 0.4) is 0 Å². The maximum absolute atomic E-state index is 16.6. The van der Waals surface area contributed by atoms with Gasteiger partial charge in [-0.2, -0.15) is 13.2 Å². The van der Waals surface area contributed by atoms with Gasteiger partial charge in [0.1, 0.15) is 17.2 Å². The third-order valence-electron chi connectivity index (χ3n) is 34.5. The summed E-state index contributed by atoms with van der Waals surface area (Å²) < 4.78 is 155. The molecule has 3 aliphatic rings. The fourth-order valence-electron chi connectivity index (χ4n) is 22.0. The predicted octanol–water partition coefficient (Wildman–Crippen LogP) is 31.0. The molecule has 814 valence electrons. The number of esters is 1. The smallest absolute Gasteiger partial charge is 0.462 e. The number of halogens is 3. The Bertz CT molecular complexity index is 3800. The predicted molar refractivity (Wildman–Crippen MR) is 604 cm³/mol. The van der Waals surface area contributed by atoms with E-state index in [1.807, 2.05) is 91.1 Å². The van der Waals surface area contributed by atoms with E-state index < -0.39 is 178 Å². The summed E-state index contributed by atoms with van der Waals surface area (Å²) in [4.78, 5) is 50.9. The maximum atomic E-state index is 16.6. The second-order valence-corrected chi connectivity index (χ2v) is 84.4. The first-order valence-corrected chi connectivity index (χ1v) is 79.7. The molecule has 0 spiro atoms. The van der Waals surface area contributed by atoms with Gasteiger partial charge in [0.2, 0.25) is 5.12 Å². The van der Waals surface area contributed by atoms with Crippen molar-refractivity contribution in [2.45, 2.75) is 538 Å². The number of fused-ring (bicyclic) bond motifs is 2. The van der Waals surface area contributed by atoms with Crippen molar-refractivity contribution in [3.05, 3.63) is 109 Å². The van der Waals surface area contributed by atoms with E-state index in [0.717, 1.165) is 139 Å². The van der Waals surface area contributed by atoms with E-state index in [0.29, 0.717) is 67.0 Å². The van der Waals surface area contributed by atoms with Crippen LogP contribution in [0.15, 0.2) is 114 Å². The van der Waals surface area contributed by atoms with Crippen molar-refractivity contribution in [3.8, 4) is 0 Å². The van der Waals surface area contributed by atoms with Gasteiger partial charge in [-0.25, -0.2) is 4.98 Å². The van der Waals surface area contributed by atoms with Gasteiger partial charge in [-0.3, -0.25) is 14.4 Å².